The van der Waals surface area contributed by atoms with Gasteiger partial charge >= 0.3 is 0 Å². The molecule has 2 aromatic heterocycles. The molecule has 0 bridgehead atoms. The minimum Gasteiger partial charge on any atom is -0.461 e. The van der Waals surface area contributed by atoms with Crippen LogP contribution in [0.4, 0.5) is 0 Å². The van der Waals surface area contributed by atoms with E-state index in [-0.39, 0.29) is 17.5 Å². The van der Waals surface area contributed by atoms with Gasteiger partial charge in [-0.15, -0.1) is 0 Å². The lowest BCUT2D eigenvalue weighted by atomic mass is 9.78. The fraction of sp³-hybridized carbons (Fsp3) is 0.474. The third kappa shape index (κ3) is 3.02. The van der Waals surface area contributed by atoms with Crippen molar-refractivity contribution in [1.29, 1.82) is 0 Å². The maximum absolute atomic E-state index is 12.7. The summed E-state index contributed by atoms with van der Waals surface area (Å²) >= 11 is 0. The van der Waals surface area contributed by atoms with E-state index in [1.54, 1.807) is 24.4 Å². The molecule has 2 aliphatic heterocycles. The monoisotopic (exact) mass is 341 g/mol. The van der Waals surface area contributed by atoms with Crippen LogP contribution in [0.3, 0.4) is 0 Å². The fourth-order valence-electron chi connectivity index (χ4n) is 4.12. The van der Waals surface area contributed by atoms with E-state index in [4.69, 9.17) is 4.42 Å². The van der Waals surface area contributed by atoms with Crippen LogP contribution < -0.4 is 0 Å². The topological polar surface area (TPSA) is 69.6 Å². The first-order chi connectivity index (χ1) is 12.1. The Kier molecular flexibility index (Phi) is 4.00. The van der Waals surface area contributed by atoms with Crippen LogP contribution in [0.2, 0.25) is 0 Å². The Morgan fingerprint density at radius 1 is 1.20 bits per heavy atom. The van der Waals surface area contributed by atoms with E-state index in [1.165, 1.54) is 12.7 Å². The summed E-state index contributed by atoms with van der Waals surface area (Å²) in [7, 11) is 2.17. The minimum absolute atomic E-state index is 0.0281. The Labute approximate surface area is 146 Å². The average Bonchev–Trinajstić information content (AvgIpc) is 3.36. The molecule has 1 spiro atoms. The molecular formula is C19H23N3O3. The van der Waals surface area contributed by atoms with Crippen molar-refractivity contribution >= 4 is 11.7 Å². The number of piperidine rings is 1. The number of nitrogens with zero attached hydrogens (tertiary/aromatic N) is 2. The normalized spacial score (nSPS) is 20.3. The zero-order valence-corrected chi connectivity index (χ0v) is 14.5. The fourth-order valence-corrected chi connectivity index (χ4v) is 4.12. The number of aromatic amines is 1. The molecule has 0 unspecified atom stereocenters. The number of rotatable bonds is 3. The van der Waals surface area contributed by atoms with Gasteiger partial charge in [0.25, 0.3) is 5.91 Å². The quantitative estimate of drug-likeness (QED) is 0.871. The van der Waals surface area contributed by atoms with Crippen molar-refractivity contribution in [2.24, 2.45) is 5.41 Å². The van der Waals surface area contributed by atoms with E-state index in [2.05, 4.69) is 16.9 Å². The molecule has 6 heteroatoms. The average molecular weight is 341 g/mol. The first-order valence-electron chi connectivity index (χ1n) is 8.81. The van der Waals surface area contributed by atoms with Crippen molar-refractivity contribution in [3.8, 4) is 0 Å². The molecule has 4 rings (SSSR count). The van der Waals surface area contributed by atoms with Gasteiger partial charge in [-0.2, -0.15) is 0 Å². The highest BCUT2D eigenvalue weighted by Crippen LogP contribution is 2.39. The Morgan fingerprint density at radius 3 is 2.60 bits per heavy atom. The number of hydrogen-bond donors (Lipinski definition) is 1. The lowest BCUT2D eigenvalue weighted by Crippen LogP contribution is -2.44. The molecule has 2 aliphatic rings. The summed E-state index contributed by atoms with van der Waals surface area (Å²) in [6, 6.07) is 4.93. The number of ketones is 1. The highest BCUT2D eigenvalue weighted by Gasteiger charge is 2.40. The van der Waals surface area contributed by atoms with Crippen molar-refractivity contribution in [3.05, 3.63) is 47.7 Å². The predicted molar refractivity (Wildman–Crippen MR) is 92.6 cm³/mol. The van der Waals surface area contributed by atoms with Crippen LogP contribution in [0.15, 0.2) is 35.1 Å². The van der Waals surface area contributed by atoms with Gasteiger partial charge in [-0.1, -0.05) is 0 Å². The van der Waals surface area contributed by atoms with Crippen molar-refractivity contribution in [2.45, 2.75) is 19.3 Å². The number of aromatic nitrogens is 1. The van der Waals surface area contributed by atoms with E-state index in [1.807, 2.05) is 4.90 Å². The van der Waals surface area contributed by atoms with Gasteiger partial charge in [-0.3, -0.25) is 9.59 Å². The first-order valence-corrected chi connectivity index (χ1v) is 8.81. The maximum Gasteiger partial charge on any atom is 0.270 e. The van der Waals surface area contributed by atoms with Gasteiger partial charge in [0.2, 0.25) is 5.78 Å². The molecule has 25 heavy (non-hydrogen) atoms. The SMILES string of the molecule is CN1CCC2(CCN(C(=O)c3cc(C(=O)c4ccco4)c[nH]3)CC2)C1. The summed E-state index contributed by atoms with van der Waals surface area (Å²) < 4.78 is 5.14. The second-order valence-corrected chi connectivity index (χ2v) is 7.39. The smallest absolute Gasteiger partial charge is 0.270 e. The number of hydrogen-bond acceptors (Lipinski definition) is 4. The van der Waals surface area contributed by atoms with Gasteiger partial charge in [-0.25, -0.2) is 0 Å². The molecule has 1 amide bonds. The van der Waals surface area contributed by atoms with Crippen molar-refractivity contribution in [1.82, 2.24) is 14.8 Å². The van der Waals surface area contributed by atoms with Crippen LogP contribution >= 0.6 is 0 Å². The summed E-state index contributed by atoms with van der Waals surface area (Å²) in [6.45, 7) is 3.86. The Hall–Kier alpha value is -2.34. The summed E-state index contributed by atoms with van der Waals surface area (Å²) in [5, 5.41) is 0. The minimum atomic E-state index is -0.216. The van der Waals surface area contributed by atoms with Crippen molar-refractivity contribution < 1.29 is 14.0 Å². The Balaban J connectivity index is 1.41. The maximum atomic E-state index is 12.7. The molecule has 0 aromatic carbocycles. The van der Waals surface area contributed by atoms with Crippen LogP contribution in [0, 0.1) is 5.41 Å². The second kappa shape index (κ2) is 6.19. The largest absolute Gasteiger partial charge is 0.461 e. The van der Waals surface area contributed by atoms with E-state index < -0.39 is 0 Å². The van der Waals surface area contributed by atoms with Crippen LogP contribution in [-0.4, -0.2) is 59.7 Å². The zero-order valence-electron chi connectivity index (χ0n) is 14.5. The standard InChI is InChI=1S/C19H23N3O3/c1-21-7-4-19(13-21)5-8-22(9-6-19)18(24)15-11-14(12-20-15)17(23)16-3-2-10-25-16/h2-3,10-12,20H,4-9,13H2,1H3. The molecule has 0 radical (unpaired) electrons. The predicted octanol–water partition coefficient (Wildman–Crippen LogP) is 2.40. The molecule has 0 aliphatic carbocycles. The van der Waals surface area contributed by atoms with Gasteiger partial charge in [0.15, 0.2) is 5.76 Å². The summed E-state index contributed by atoms with van der Waals surface area (Å²) in [4.78, 5) is 32.3. The number of carbonyl (C=O) groups is 2. The molecule has 2 saturated heterocycles. The van der Waals surface area contributed by atoms with Gasteiger partial charge < -0.3 is 19.2 Å². The summed E-state index contributed by atoms with van der Waals surface area (Å²) in [6.07, 6.45) is 6.39. The first kappa shape index (κ1) is 16.1. The molecule has 0 atom stereocenters. The molecular weight excluding hydrogens is 318 g/mol. The lowest BCUT2D eigenvalue weighted by Gasteiger charge is -2.39. The second-order valence-electron chi connectivity index (χ2n) is 7.39. The third-order valence-corrected chi connectivity index (χ3v) is 5.66. The van der Waals surface area contributed by atoms with Crippen LogP contribution in [0.1, 0.15) is 45.9 Å². The number of carbonyl (C=O) groups excluding carboxylic acids is 2. The zero-order chi connectivity index (χ0) is 17.4. The molecule has 1 N–H and O–H groups in total. The van der Waals surface area contributed by atoms with Gasteiger partial charge in [0.1, 0.15) is 5.69 Å². The van der Waals surface area contributed by atoms with Crippen LogP contribution in [0.5, 0.6) is 0 Å². The molecule has 6 nitrogen and oxygen atoms in total. The summed E-state index contributed by atoms with van der Waals surface area (Å²) in [5.74, 6) is 0.0369. The lowest BCUT2D eigenvalue weighted by molar-refractivity contribution is 0.0589. The van der Waals surface area contributed by atoms with E-state index in [0.717, 1.165) is 39.0 Å². The van der Waals surface area contributed by atoms with Crippen molar-refractivity contribution in [2.75, 3.05) is 33.2 Å². The summed E-state index contributed by atoms with van der Waals surface area (Å²) in [5.41, 5.74) is 1.31. The molecule has 2 fully saturated rings. The number of likely N-dealkylation sites (tertiary alicyclic amines) is 2. The molecule has 2 aromatic rings. The van der Waals surface area contributed by atoms with Gasteiger partial charge in [0, 0.05) is 31.4 Å². The number of H-pyrrole nitrogens is 1. The number of amides is 1. The third-order valence-electron chi connectivity index (χ3n) is 5.66. The Bertz CT molecular complexity index is 770. The van der Waals surface area contributed by atoms with E-state index in [9.17, 15) is 9.59 Å². The van der Waals surface area contributed by atoms with Crippen LogP contribution in [0.25, 0.3) is 0 Å². The highest BCUT2D eigenvalue weighted by atomic mass is 16.3. The number of nitrogens with one attached hydrogen (secondary N) is 1. The van der Waals surface area contributed by atoms with Gasteiger partial charge in [-0.05, 0) is 56.5 Å². The van der Waals surface area contributed by atoms with E-state index in [0.29, 0.717) is 16.7 Å². The van der Waals surface area contributed by atoms with Crippen molar-refractivity contribution in [3.63, 3.8) is 0 Å². The molecule has 4 heterocycles. The van der Waals surface area contributed by atoms with E-state index >= 15 is 0 Å². The van der Waals surface area contributed by atoms with Gasteiger partial charge in [0.05, 0.1) is 6.26 Å². The van der Waals surface area contributed by atoms with Crippen LogP contribution in [-0.2, 0) is 0 Å². The highest BCUT2D eigenvalue weighted by molar-refractivity contribution is 6.08. The molecule has 132 valence electrons. The number of furan rings is 1. The molecule has 0 saturated carbocycles. The Morgan fingerprint density at radius 2 is 1.96 bits per heavy atom.